The Hall–Kier alpha value is -1.43. The van der Waals surface area contributed by atoms with Gasteiger partial charge in [0.05, 0.1) is 25.4 Å². The Kier molecular flexibility index (Phi) is 7.69. The van der Waals surface area contributed by atoms with E-state index in [1.165, 1.54) is 0 Å². The molecule has 1 fully saturated rings. The van der Waals surface area contributed by atoms with Gasteiger partial charge >= 0.3 is 0 Å². The van der Waals surface area contributed by atoms with Gasteiger partial charge in [-0.05, 0) is 38.1 Å². The van der Waals surface area contributed by atoms with Gasteiger partial charge in [-0.1, -0.05) is 6.92 Å². The molecule has 0 bridgehead atoms. The zero-order valence-corrected chi connectivity index (χ0v) is 15.0. The Morgan fingerprint density at radius 2 is 1.79 bits per heavy atom. The number of hydrogen-bond donors (Lipinski definition) is 0. The summed E-state index contributed by atoms with van der Waals surface area (Å²) in [6.07, 6.45) is 1.11. The summed E-state index contributed by atoms with van der Waals surface area (Å²) in [4.78, 5) is 13.9. The zero-order chi connectivity index (χ0) is 17.4. The van der Waals surface area contributed by atoms with Crippen LogP contribution >= 0.6 is 0 Å². The summed E-state index contributed by atoms with van der Waals surface area (Å²) in [6, 6.07) is 7.28. The van der Waals surface area contributed by atoms with Crippen molar-refractivity contribution in [2.24, 2.45) is 0 Å². The fourth-order valence-corrected chi connectivity index (χ4v) is 2.92. The van der Waals surface area contributed by atoms with Crippen LogP contribution in [0, 0.1) is 0 Å². The number of carbonyl (C=O) groups is 1. The fourth-order valence-electron chi connectivity index (χ4n) is 2.92. The highest BCUT2D eigenvalue weighted by Crippen LogP contribution is 2.13. The van der Waals surface area contributed by atoms with Crippen LogP contribution in [0.25, 0.3) is 0 Å². The van der Waals surface area contributed by atoms with Crippen LogP contribution in [0.15, 0.2) is 24.3 Å². The van der Waals surface area contributed by atoms with Gasteiger partial charge in [0.15, 0.2) is 5.78 Å². The first-order chi connectivity index (χ1) is 11.6. The van der Waals surface area contributed by atoms with Crippen LogP contribution in [0.3, 0.4) is 0 Å². The van der Waals surface area contributed by atoms with Gasteiger partial charge in [-0.25, -0.2) is 0 Å². The van der Waals surface area contributed by atoms with E-state index in [1.807, 2.05) is 31.2 Å². The molecule has 0 aromatic heterocycles. The van der Waals surface area contributed by atoms with Crippen LogP contribution in [0.1, 0.15) is 37.6 Å². The lowest BCUT2D eigenvalue weighted by atomic mass is 10.1. The number of nitrogens with zero attached hydrogens (tertiary/aromatic N) is 1. The first-order valence-corrected chi connectivity index (χ1v) is 8.80. The zero-order valence-electron chi connectivity index (χ0n) is 15.0. The minimum absolute atomic E-state index is 0.150. The molecule has 0 aliphatic carbocycles. The Morgan fingerprint density at radius 3 is 2.42 bits per heavy atom. The third-order valence-electron chi connectivity index (χ3n) is 4.04. The molecule has 134 valence electrons. The normalized spacial score (nSPS) is 21.6. The lowest BCUT2D eigenvalue weighted by Gasteiger charge is -2.35. The second-order valence-electron chi connectivity index (χ2n) is 6.28. The Balaban J connectivity index is 1.57. The van der Waals surface area contributed by atoms with E-state index in [0.717, 1.165) is 30.9 Å². The van der Waals surface area contributed by atoms with Crippen molar-refractivity contribution in [2.75, 3.05) is 39.5 Å². The molecule has 0 saturated carbocycles. The van der Waals surface area contributed by atoms with Crippen molar-refractivity contribution in [1.82, 2.24) is 4.90 Å². The molecule has 1 aliphatic rings. The van der Waals surface area contributed by atoms with Gasteiger partial charge < -0.3 is 14.2 Å². The number of benzene rings is 1. The highest BCUT2D eigenvalue weighted by atomic mass is 16.5. The lowest BCUT2D eigenvalue weighted by Crippen LogP contribution is -2.46. The molecule has 0 spiro atoms. The predicted octanol–water partition coefficient (Wildman–Crippen LogP) is 2.78. The maximum Gasteiger partial charge on any atom is 0.162 e. The molecule has 1 saturated heterocycles. The van der Waals surface area contributed by atoms with Gasteiger partial charge in [0.2, 0.25) is 0 Å². The quantitative estimate of drug-likeness (QED) is 0.513. The number of rotatable bonds is 9. The average Bonchev–Trinajstić information content (AvgIpc) is 2.57. The summed E-state index contributed by atoms with van der Waals surface area (Å²) in [7, 11) is 0. The molecule has 1 aromatic carbocycles. The van der Waals surface area contributed by atoms with Crippen LogP contribution in [0.2, 0.25) is 0 Å². The molecule has 0 radical (unpaired) electrons. The Morgan fingerprint density at radius 1 is 1.12 bits per heavy atom. The van der Waals surface area contributed by atoms with Crippen molar-refractivity contribution in [1.29, 1.82) is 0 Å². The highest BCUT2D eigenvalue weighted by Gasteiger charge is 2.21. The monoisotopic (exact) mass is 335 g/mol. The van der Waals surface area contributed by atoms with E-state index in [-0.39, 0.29) is 5.78 Å². The van der Waals surface area contributed by atoms with Crippen LogP contribution in [0.4, 0.5) is 0 Å². The smallest absolute Gasteiger partial charge is 0.162 e. The Bertz CT molecular complexity index is 493. The third-order valence-corrected chi connectivity index (χ3v) is 4.04. The van der Waals surface area contributed by atoms with E-state index in [9.17, 15) is 4.79 Å². The van der Waals surface area contributed by atoms with Gasteiger partial charge in [0, 0.05) is 31.6 Å². The van der Waals surface area contributed by atoms with Gasteiger partial charge in [-0.2, -0.15) is 0 Å². The lowest BCUT2D eigenvalue weighted by molar-refractivity contribution is -0.0734. The minimum Gasteiger partial charge on any atom is -0.491 e. The summed E-state index contributed by atoms with van der Waals surface area (Å²) in [5, 5.41) is 0. The molecule has 1 aromatic rings. The van der Waals surface area contributed by atoms with Crippen molar-refractivity contribution >= 4 is 5.78 Å². The SMILES string of the molecule is CCC(=O)c1ccc(OCCOCCN2C[C@@H](C)O[C@@H](C)C2)cc1. The molecule has 2 atom stereocenters. The molecule has 2 rings (SSSR count). The number of morpholine rings is 1. The molecular formula is C19H29NO4. The first-order valence-electron chi connectivity index (χ1n) is 8.80. The van der Waals surface area contributed by atoms with Crippen LogP contribution in [-0.2, 0) is 9.47 Å². The van der Waals surface area contributed by atoms with E-state index in [1.54, 1.807) is 0 Å². The van der Waals surface area contributed by atoms with Gasteiger partial charge in [-0.3, -0.25) is 9.69 Å². The molecule has 5 heteroatoms. The highest BCUT2D eigenvalue weighted by molar-refractivity contribution is 5.95. The maximum absolute atomic E-state index is 11.6. The van der Waals surface area contributed by atoms with Gasteiger partial charge in [0.1, 0.15) is 12.4 Å². The van der Waals surface area contributed by atoms with Crippen molar-refractivity contribution in [2.45, 2.75) is 39.4 Å². The van der Waals surface area contributed by atoms with Gasteiger partial charge in [-0.15, -0.1) is 0 Å². The van der Waals surface area contributed by atoms with Crippen LogP contribution in [-0.4, -0.2) is 62.3 Å². The van der Waals surface area contributed by atoms with Crippen molar-refractivity contribution < 1.29 is 19.0 Å². The summed E-state index contributed by atoms with van der Waals surface area (Å²) in [5.41, 5.74) is 0.732. The molecule has 0 amide bonds. The summed E-state index contributed by atoms with van der Waals surface area (Å²) in [6.45, 7) is 10.7. The molecule has 24 heavy (non-hydrogen) atoms. The molecule has 1 aliphatic heterocycles. The Labute approximate surface area is 144 Å². The summed E-state index contributed by atoms with van der Waals surface area (Å²) >= 11 is 0. The van der Waals surface area contributed by atoms with Crippen molar-refractivity contribution in [3.63, 3.8) is 0 Å². The topological polar surface area (TPSA) is 48.0 Å². The second kappa shape index (κ2) is 9.77. The predicted molar refractivity (Wildman–Crippen MR) is 93.8 cm³/mol. The summed E-state index contributed by atoms with van der Waals surface area (Å²) < 4.78 is 17.0. The number of Topliss-reactive ketones (excluding diaryl/α,β-unsaturated/α-hetero) is 1. The number of ether oxygens (including phenoxy) is 3. The average molecular weight is 335 g/mol. The summed E-state index contributed by atoms with van der Waals surface area (Å²) in [5.74, 6) is 0.915. The first kappa shape index (κ1) is 18.9. The van der Waals surface area contributed by atoms with Crippen molar-refractivity contribution in [3.8, 4) is 5.75 Å². The fraction of sp³-hybridized carbons (Fsp3) is 0.632. The van der Waals surface area contributed by atoms with E-state index in [2.05, 4.69) is 18.7 Å². The van der Waals surface area contributed by atoms with E-state index < -0.39 is 0 Å². The molecule has 5 nitrogen and oxygen atoms in total. The maximum atomic E-state index is 11.6. The minimum atomic E-state index is 0.150. The van der Waals surface area contributed by atoms with Crippen molar-refractivity contribution in [3.05, 3.63) is 29.8 Å². The molecular weight excluding hydrogens is 306 g/mol. The number of hydrogen-bond acceptors (Lipinski definition) is 5. The second-order valence-corrected chi connectivity index (χ2v) is 6.28. The third kappa shape index (κ3) is 6.23. The molecule has 0 unspecified atom stereocenters. The molecule has 0 N–H and O–H groups in total. The molecule has 1 heterocycles. The number of ketones is 1. The van der Waals surface area contributed by atoms with Crippen LogP contribution in [0.5, 0.6) is 5.75 Å². The van der Waals surface area contributed by atoms with Crippen LogP contribution < -0.4 is 4.74 Å². The number of carbonyl (C=O) groups excluding carboxylic acids is 1. The van der Waals surface area contributed by atoms with E-state index in [0.29, 0.717) is 38.4 Å². The standard InChI is InChI=1S/C19H29NO4/c1-4-19(21)17-5-7-18(8-6-17)23-12-11-22-10-9-20-13-15(2)24-16(3)14-20/h5-8,15-16H,4,9-14H2,1-3H3/t15-,16+. The van der Waals surface area contributed by atoms with E-state index in [4.69, 9.17) is 14.2 Å². The van der Waals surface area contributed by atoms with Gasteiger partial charge in [0.25, 0.3) is 0 Å². The largest absolute Gasteiger partial charge is 0.491 e. The van der Waals surface area contributed by atoms with E-state index >= 15 is 0 Å².